The zero-order valence-corrected chi connectivity index (χ0v) is 40.6. The normalized spacial score (nSPS) is 12.9. The van der Waals surface area contributed by atoms with Gasteiger partial charge in [-0.15, -0.1) is 0 Å². The zero-order chi connectivity index (χ0) is 44.4. The molecule has 0 aliphatic carbocycles. The van der Waals surface area contributed by atoms with E-state index in [1.54, 1.807) is 6.08 Å². The zero-order valence-electron chi connectivity index (χ0n) is 40.6. The van der Waals surface area contributed by atoms with Gasteiger partial charge in [-0.1, -0.05) is 237 Å². The average molecular weight is 858 g/mol. The third kappa shape index (κ3) is 47.4. The first-order valence-electron chi connectivity index (χ1n) is 26.8. The molecule has 0 radical (unpaired) electrons. The number of aliphatic hydroxyl groups is 2. The highest BCUT2D eigenvalue weighted by molar-refractivity contribution is 5.76. The standard InChI is InChI=1S/C55H103NO5/c1-3-5-7-9-11-13-15-17-18-19-20-21-22-24-29-33-37-41-45-49-55(60)61-50-46-42-38-34-30-26-25-28-32-36-40-44-48-54(59)56-52(51-57)53(58)47-43-39-35-31-27-23-16-14-12-10-8-6-4-2/h11,13,17-18,43,47,52-53,57-58H,3-10,12,14-16,19-42,44-46,48-51H2,1-2H3,(H,56,59)/b13-11-,18-17-,47-43+. The van der Waals surface area contributed by atoms with Gasteiger partial charge in [0.05, 0.1) is 25.4 Å². The van der Waals surface area contributed by atoms with Crippen LogP contribution in [-0.4, -0.2) is 47.4 Å². The lowest BCUT2D eigenvalue weighted by Gasteiger charge is -2.20. The summed E-state index contributed by atoms with van der Waals surface area (Å²) in [6.07, 6.45) is 61.4. The molecule has 0 aromatic rings. The van der Waals surface area contributed by atoms with Crippen LogP contribution >= 0.6 is 0 Å². The molecule has 0 aliphatic heterocycles. The van der Waals surface area contributed by atoms with Gasteiger partial charge in [-0.3, -0.25) is 9.59 Å². The summed E-state index contributed by atoms with van der Waals surface area (Å²) >= 11 is 0. The van der Waals surface area contributed by atoms with Gasteiger partial charge in [-0.2, -0.15) is 0 Å². The third-order valence-corrected chi connectivity index (χ3v) is 12.2. The van der Waals surface area contributed by atoms with Gasteiger partial charge in [-0.05, 0) is 64.2 Å². The summed E-state index contributed by atoms with van der Waals surface area (Å²) in [7, 11) is 0. The number of carbonyl (C=O) groups is 2. The lowest BCUT2D eigenvalue weighted by molar-refractivity contribution is -0.143. The lowest BCUT2D eigenvalue weighted by Crippen LogP contribution is -2.45. The van der Waals surface area contributed by atoms with E-state index in [0.29, 0.717) is 19.4 Å². The maximum atomic E-state index is 12.4. The Kier molecular flexibility index (Phi) is 49.1. The number of unbranched alkanes of at least 4 members (excludes halogenated alkanes) is 34. The molecule has 0 aromatic carbocycles. The van der Waals surface area contributed by atoms with E-state index in [2.05, 4.69) is 43.5 Å². The van der Waals surface area contributed by atoms with Gasteiger partial charge in [0.2, 0.25) is 5.91 Å². The minimum absolute atomic E-state index is 0.0151. The summed E-state index contributed by atoms with van der Waals surface area (Å²) in [5.41, 5.74) is 0. The second-order valence-corrected chi connectivity index (χ2v) is 18.2. The number of carbonyl (C=O) groups excluding carboxylic acids is 2. The van der Waals surface area contributed by atoms with Crippen LogP contribution in [0.25, 0.3) is 0 Å². The van der Waals surface area contributed by atoms with Gasteiger partial charge in [0.25, 0.3) is 0 Å². The number of amides is 1. The fourth-order valence-electron chi connectivity index (χ4n) is 8.02. The van der Waals surface area contributed by atoms with Crippen molar-refractivity contribution >= 4 is 11.9 Å². The van der Waals surface area contributed by atoms with Gasteiger partial charge in [-0.25, -0.2) is 0 Å². The monoisotopic (exact) mass is 858 g/mol. The van der Waals surface area contributed by atoms with Crippen molar-refractivity contribution in [1.82, 2.24) is 5.32 Å². The van der Waals surface area contributed by atoms with Crippen molar-refractivity contribution < 1.29 is 24.5 Å². The second kappa shape index (κ2) is 50.7. The summed E-state index contributed by atoms with van der Waals surface area (Å²) in [6.45, 7) is 4.84. The molecule has 0 aromatic heterocycles. The molecule has 0 aliphatic rings. The summed E-state index contributed by atoms with van der Waals surface area (Å²) in [5, 5.41) is 23.0. The molecule has 358 valence electrons. The first-order chi connectivity index (χ1) is 30.0. The summed E-state index contributed by atoms with van der Waals surface area (Å²) in [4.78, 5) is 24.5. The Bertz CT molecular complexity index is 993. The number of rotatable bonds is 49. The highest BCUT2D eigenvalue weighted by Crippen LogP contribution is 2.16. The Morgan fingerprint density at radius 3 is 1.28 bits per heavy atom. The van der Waals surface area contributed by atoms with Crippen LogP contribution < -0.4 is 5.32 Å². The molecule has 0 fully saturated rings. The van der Waals surface area contributed by atoms with Crippen LogP contribution in [0.2, 0.25) is 0 Å². The van der Waals surface area contributed by atoms with Crippen LogP contribution in [0.5, 0.6) is 0 Å². The molecule has 0 saturated carbocycles. The predicted molar refractivity (Wildman–Crippen MR) is 264 cm³/mol. The molecular formula is C55H103NO5. The number of hydrogen-bond acceptors (Lipinski definition) is 5. The fraction of sp³-hybridized carbons (Fsp3) is 0.855. The van der Waals surface area contributed by atoms with Gasteiger partial charge < -0.3 is 20.3 Å². The van der Waals surface area contributed by atoms with Gasteiger partial charge in [0, 0.05) is 12.8 Å². The number of hydrogen-bond donors (Lipinski definition) is 3. The predicted octanol–water partition coefficient (Wildman–Crippen LogP) is 16.1. The summed E-state index contributed by atoms with van der Waals surface area (Å²) in [6, 6.07) is -0.639. The number of aliphatic hydroxyl groups excluding tert-OH is 2. The summed E-state index contributed by atoms with van der Waals surface area (Å²) in [5.74, 6) is -0.0995. The van der Waals surface area contributed by atoms with Crippen molar-refractivity contribution in [1.29, 1.82) is 0 Å². The molecule has 0 heterocycles. The maximum Gasteiger partial charge on any atom is 0.305 e. The minimum Gasteiger partial charge on any atom is -0.466 e. The number of esters is 1. The van der Waals surface area contributed by atoms with Crippen molar-refractivity contribution in [3.05, 3.63) is 36.5 Å². The largest absolute Gasteiger partial charge is 0.466 e. The van der Waals surface area contributed by atoms with E-state index in [-0.39, 0.29) is 18.5 Å². The van der Waals surface area contributed by atoms with Crippen LogP contribution in [0, 0.1) is 0 Å². The van der Waals surface area contributed by atoms with Crippen molar-refractivity contribution in [2.45, 2.75) is 289 Å². The Morgan fingerprint density at radius 2 is 0.820 bits per heavy atom. The Labute approximate surface area is 379 Å². The van der Waals surface area contributed by atoms with E-state index in [1.807, 2.05) is 6.08 Å². The van der Waals surface area contributed by atoms with E-state index in [9.17, 15) is 19.8 Å². The molecule has 0 bridgehead atoms. The van der Waals surface area contributed by atoms with Crippen molar-refractivity contribution in [2.75, 3.05) is 13.2 Å². The summed E-state index contributed by atoms with van der Waals surface area (Å²) < 4.78 is 5.47. The fourth-order valence-corrected chi connectivity index (χ4v) is 8.02. The van der Waals surface area contributed by atoms with Crippen LogP contribution in [0.1, 0.15) is 277 Å². The Balaban J connectivity index is 3.47. The maximum absolute atomic E-state index is 12.4. The third-order valence-electron chi connectivity index (χ3n) is 12.2. The first kappa shape index (κ1) is 59.1. The van der Waals surface area contributed by atoms with Crippen LogP contribution in [0.3, 0.4) is 0 Å². The second-order valence-electron chi connectivity index (χ2n) is 18.2. The topological polar surface area (TPSA) is 95.9 Å². The van der Waals surface area contributed by atoms with E-state index in [4.69, 9.17) is 4.74 Å². The highest BCUT2D eigenvalue weighted by atomic mass is 16.5. The van der Waals surface area contributed by atoms with Crippen LogP contribution in [0.15, 0.2) is 36.5 Å². The average Bonchev–Trinajstić information content (AvgIpc) is 3.26. The van der Waals surface area contributed by atoms with Gasteiger partial charge >= 0.3 is 5.97 Å². The first-order valence-corrected chi connectivity index (χ1v) is 26.8. The molecule has 1 amide bonds. The highest BCUT2D eigenvalue weighted by Gasteiger charge is 2.18. The Hall–Kier alpha value is -1.92. The van der Waals surface area contributed by atoms with Crippen molar-refractivity contribution in [3.63, 3.8) is 0 Å². The van der Waals surface area contributed by atoms with Crippen LogP contribution in [0.4, 0.5) is 0 Å². The van der Waals surface area contributed by atoms with Crippen LogP contribution in [-0.2, 0) is 14.3 Å². The van der Waals surface area contributed by atoms with Gasteiger partial charge in [0.15, 0.2) is 0 Å². The molecule has 0 saturated heterocycles. The smallest absolute Gasteiger partial charge is 0.305 e. The van der Waals surface area contributed by atoms with Gasteiger partial charge in [0.1, 0.15) is 0 Å². The SMILES string of the molecule is CCCCC/C=C\C/C=C\CCCCCCCCCCCC(=O)OCCCCCCCCCCCCCCC(=O)NC(CO)C(O)/C=C/CCCCCCCCCCCCC. The molecular weight excluding hydrogens is 755 g/mol. The molecule has 0 spiro atoms. The molecule has 0 rings (SSSR count). The molecule has 61 heavy (non-hydrogen) atoms. The lowest BCUT2D eigenvalue weighted by atomic mass is 10.0. The van der Waals surface area contributed by atoms with Crippen molar-refractivity contribution in [2.24, 2.45) is 0 Å². The number of allylic oxidation sites excluding steroid dienone is 5. The Morgan fingerprint density at radius 1 is 0.459 bits per heavy atom. The number of nitrogens with one attached hydrogen (secondary N) is 1. The minimum atomic E-state index is -0.854. The molecule has 3 N–H and O–H groups in total. The molecule has 2 atom stereocenters. The molecule has 6 heteroatoms. The van der Waals surface area contributed by atoms with E-state index in [0.717, 1.165) is 64.2 Å². The number of ether oxygens (including phenoxy) is 1. The quantitative estimate of drug-likeness (QED) is 0.0322. The van der Waals surface area contributed by atoms with Crippen molar-refractivity contribution in [3.8, 4) is 0 Å². The molecule has 6 nitrogen and oxygen atoms in total. The van der Waals surface area contributed by atoms with E-state index >= 15 is 0 Å². The molecule has 2 unspecified atom stereocenters. The van der Waals surface area contributed by atoms with E-state index < -0.39 is 12.1 Å². The van der Waals surface area contributed by atoms with E-state index in [1.165, 1.54) is 186 Å².